The second-order valence-electron chi connectivity index (χ2n) is 4.37. The number of nitrogen functional groups attached to an aromatic ring is 1. The van der Waals surface area contributed by atoms with Crippen molar-refractivity contribution in [3.8, 4) is 0 Å². The minimum absolute atomic E-state index is 0.146. The molecule has 0 saturated carbocycles. The molecule has 0 fully saturated rings. The molecule has 0 heterocycles. The maximum atomic E-state index is 12.3. The largest absolute Gasteiger partial charge is 0.396 e. The van der Waals surface area contributed by atoms with E-state index in [-0.39, 0.29) is 26.3 Å². The molecule has 3 N–H and O–H groups in total. The van der Waals surface area contributed by atoms with E-state index in [4.69, 9.17) is 28.9 Å². The zero-order chi connectivity index (χ0) is 15.8. The summed E-state index contributed by atoms with van der Waals surface area (Å²) in [6.45, 7) is 1.81. The van der Waals surface area contributed by atoms with E-state index in [2.05, 4.69) is 20.7 Å². The van der Waals surface area contributed by atoms with Crippen LogP contribution in [0.15, 0.2) is 39.7 Å². The van der Waals surface area contributed by atoms with Crippen molar-refractivity contribution in [1.29, 1.82) is 0 Å². The number of nitrogens with two attached hydrogens (primary N) is 1. The smallest absolute Gasteiger partial charge is 0.261 e. The van der Waals surface area contributed by atoms with Gasteiger partial charge < -0.3 is 5.73 Å². The lowest BCUT2D eigenvalue weighted by atomic mass is 10.2. The molecule has 21 heavy (non-hydrogen) atoms. The van der Waals surface area contributed by atoms with Crippen LogP contribution in [0.25, 0.3) is 0 Å². The van der Waals surface area contributed by atoms with Gasteiger partial charge >= 0.3 is 0 Å². The van der Waals surface area contributed by atoms with Gasteiger partial charge in [-0.15, -0.1) is 0 Å². The van der Waals surface area contributed by atoms with Gasteiger partial charge in [0, 0.05) is 4.47 Å². The molecule has 0 aromatic heterocycles. The Morgan fingerprint density at radius 3 is 2.24 bits per heavy atom. The summed E-state index contributed by atoms with van der Waals surface area (Å²) >= 11 is 15.1. The third-order valence-corrected chi connectivity index (χ3v) is 5.67. The van der Waals surface area contributed by atoms with Crippen molar-refractivity contribution in [2.75, 3.05) is 10.5 Å². The number of anilines is 2. The highest BCUT2D eigenvalue weighted by Gasteiger charge is 2.16. The van der Waals surface area contributed by atoms with E-state index < -0.39 is 10.0 Å². The molecule has 0 bridgehead atoms. The van der Waals surface area contributed by atoms with Crippen LogP contribution in [-0.2, 0) is 10.0 Å². The second kappa shape index (κ2) is 6.04. The van der Waals surface area contributed by atoms with Crippen LogP contribution in [0.4, 0.5) is 11.4 Å². The summed E-state index contributed by atoms with van der Waals surface area (Å²) in [7, 11) is -3.73. The minimum atomic E-state index is -3.73. The third kappa shape index (κ3) is 3.63. The summed E-state index contributed by atoms with van der Waals surface area (Å²) in [5, 5.41) is 0.374. The molecule has 8 heteroatoms. The topological polar surface area (TPSA) is 72.2 Å². The molecular weight excluding hydrogens is 399 g/mol. The molecule has 4 nitrogen and oxygen atoms in total. The number of hydrogen-bond donors (Lipinski definition) is 2. The predicted octanol–water partition coefficient (Wildman–Crippen LogP) is 4.45. The van der Waals surface area contributed by atoms with Gasteiger partial charge in [-0.2, -0.15) is 0 Å². The first kappa shape index (κ1) is 16.4. The molecule has 0 unspecified atom stereocenters. The van der Waals surface area contributed by atoms with E-state index in [1.54, 1.807) is 19.1 Å². The fourth-order valence-corrected chi connectivity index (χ4v) is 3.50. The predicted molar refractivity (Wildman–Crippen MR) is 90.6 cm³/mol. The molecule has 0 spiro atoms. The molecule has 2 rings (SSSR count). The Morgan fingerprint density at radius 1 is 1.14 bits per heavy atom. The number of halogens is 3. The highest BCUT2D eigenvalue weighted by Crippen LogP contribution is 2.32. The van der Waals surface area contributed by atoms with Crippen molar-refractivity contribution in [3.63, 3.8) is 0 Å². The van der Waals surface area contributed by atoms with E-state index in [9.17, 15) is 8.42 Å². The van der Waals surface area contributed by atoms with Crippen molar-refractivity contribution < 1.29 is 8.42 Å². The Bertz CT molecular complexity index is 787. The number of sulfonamides is 1. The Labute approximate surface area is 141 Å². The van der Waals surface area contributed by atoms with Crippen LogP contribution in [-0.4, -0.2) is 8.42 Å². The number of rotatable bonds is 3. The number of benzene rings is 2. The van der Waals surface area contributed by atoms with Crippen LogP contribution in [0.1, 0.15) is 5.56 Å². The molecule has 112 valence electrons. The first-order chi connectivity index (χ1) is 9.70. The lowest BCUT2D eigenvalue weighted by Crippen LogP contribution is -2.13. The van der Waals surface area contributed by atoms with Gasteiger partial charge in [0.1, 0.15) is 0 Å². The average molecular weight is 410 g/mol. The second-order valence-corrected chi connectivity index (χ2v) is 7.72. The molecule has 0 saturated heterocycles. The van der Waals surface area contributed by atoms with Crippen LogP contribution in [0.5, 0.6) is 0 Å². The summed E-state index contributed by atoms with van der Waals surface area (Å²) in [6, 6.07) is 7.55. The van der Waals surface area contributed by atoms with Crippen LogP contribution in [0.3, 0.4) is 0 Å². The molecule has 0 aliphatic rings. The molecule has 0 amide bonds. The molecular formula is C13H11BrCl2N2O2S. The zero-order valence-corrected chi connectivity index (χ0v) is 14.7. The minimum Gasteiger partial charge on any atom is -0.396 e. The fraction of sp³-hybridized carbons (Fsp3) is 0.0769. The van der Waals surface area contributed by atoms with Crippen molar-refractivity contribution in [2.24, 2.45) is 0 Å². The van der Waals surface area contributed by atoms with E-state index in [1.807, 2.05) is 0 Å². The van der Waals surface area contributed by atoms with Gasteiger partial charge in [-0.25, -0.2) is 8.42 Å². The lowest BCUT2D eigenvalue weighted by Gasteiger charge is -2.11. The molecule has 2 aromatic carbocycles. The average Bonchev–Trinajstić information content (AvgIpc) is 2.38. The van der Waals surface area contributed by atoms with Gasteiger partial charge in [0.15, 0.2) is 0 Å². The van der Waals surface area contributed by atoms with Gasteiger partial charge in [-0.3, -0.25) is 4.72 Å². The van der Waals surface area contributed by atoms with E-state index in [0.717, 1.165) is 10.0 Å². The highest BCUT2D eigenvalue weighted by atomic mass is 79.9. The maximum Gasteiger partial charge on any atom is 0.261 e. The van der Waals surface area contributed by atoms with Gasteiger partial charge in [0.25, 0.3) is 10.0 Å². The molecule has 2 aromatic rings. The summed E-state index contributed by atoms with van der Waals surface area (Å²) < 4.78 is 27.9. The van der Waals surface area contributed by atoms with Crippen molar-refractivity contribution in [1.82, 2.24) is 0 Å². The molecule has 0 atom stereocenters. The van der Waals surface area contributed by atoms with Crippen LogP contribution in [0, 0.1) is 6.92 Å². The third-order valence-electron chi connectivity index (χ3n) is 2.77. The van der Waals surface area contributed by atoms with E-state index >= 15 is 0 Å². The standard InChI is InChI=1S/C13H11BrCl2N2O2S/c1-7-4-9(2-3-10(7)14)21(19,20)18-8-5-11(15)13(17)12(16)6-8/h2-6,18H,17H2,1H3. The normalized spacial score (nSPS) is 11.4. The van der Waals surface area contributed by atoms with Crippen LogP contribution >= 0.6 is 39.1 Å². The Kier molecular flexibility index (Phi) is 4.72. The molecule has 0 aliphatic heterocycles. The lowest BCUT2D eigenvalue weighted by molar-refractivity contribution is 0.601. The van der Waals surface area contributed by atoms with Crippen molar-refractivity contribution >= 4 is 60.5 Å². The zero-order valence-electron chi connectivity index (χ0n) is 10.8. The first-order valence-corrected chi connectivity index (χ1v) is 8.77. The van der Waals surface area contributed by atoms with Crippen molar-refractivity contribution in [3.05, 3.63) is 50.4 Å². The summed E-state index contributed by atoms with van der Waals surface area (Å²) in [4.78, 5) is 0.146. The number of hydrogen-bond acceptors (Lipinski definition) is 3. The quantitative estimate of drug-likeness (QED) is 0.735. The molecule has 0 radical (unpaired) electrons. The van der Waals surface area contributed by atoms with Crippen LogP contribution in [0.2, 0.25) is 10.0 Å². The number of nitrogens with one attached hydrogen (secondary N) is 1. The fourth-order valence-electron chi connectivity index (χ4n) is 1.64. The van der Waals surface area contributed by atoms with Gasteiger partial charge in [-0.05, 0) is 42.8 Å². The highest BCUT2D eigenvalue weighted by molar-refractivity contribution is 9.10. The van der Waals surface area contributed by atoms with E-state index in [0.29, 0.717) is 0 Å². The molecule has 0 aliphatic carbocycles. The Balaban J connectivity index is 2.39. The summed E-state index contributed by atoms with van der Waals surface area (Å²) in [5.74, 6) is 0. The summed E-state index contributed by atoms with van der Waals surface area (Å²) in [6.07, 6.45) is 0. The Morgan fingerprint density at radius 2 is 1.71 bits per heavy atom. The van der Waals surface area contributed by atoms with Gasteiger partial charge in [0.05, 0.1) is 26.3 Å². The SMILES string of the molecule is Cc1cc(S(=O)(=O)Nc2cc(Cl)c(N)c(Cl)c2)ccc1Br. The monoisotopic (exact) mass is 408 g/mol. The van der Waals surface area contributed by atoms with Gasteiger partial charge in [0.2, 0.25) is 0 Å². The van der Waals surface area contributed by atoms with Gasteiger partial charge in [-0.1, -0.05) is 39.1 Å². The summed E-state index contributed by atoms with van der Waals surface area (Å²) in [5.41, 5.74) is 6.89. The first-order valence-electron chi connectivity index (χ1n) is 5.74. The number of aryl methyl sites for hydroxylation is 1. The maximum absolute atomic E-state index is 12.3. The Hall–Kier alpha value is -0.950. The van der Waals surface area contributed by atoms with E-state index in [1.165, 1.54) is 18.2 Å². The van der Waals surface area contributed by atoms with Crippen molar-refractivity contribution in [2.45, 2.75) is 11.8 Å². The van der Waals surface area contributed by atoms with Crippen LogP contribution < -0.4 is 10.5 Å².